The molecule has 0 radical (unpaired) electrons. The average molecular weight is 473 g/mol. The molecule has 2 unspecified atom stereocenters. The number of thioether (sulfide) groups is 1. The number of likely N-dealkylation sites (tertiary alicyclic amines) is 1. The molecule has 1 aromatic carbocycles. The molecule has 32 heavy (non-hydrogen) atoms. The van der Waals surface area contributed by atoms with Gasteiger partial charge in [-0.05, 0) is 64.0 Å². The van der Waals surface area contributed by atoms with E-state index in [-0.39, 0.29) is 10.3 Å². The van der Waals surface area contributed by atoms with Crippen LogP contribution < -0.4 is 15.5 Å². The summed E-state index contributed by atoms with van der Waals surface area (Å²) in [6, 6.07) is 8.99. The minimum absolute atomic E-state index is 0.226. The van der Waals surface area contributed by atoms with Crippen LogP contribution in [0.2, 0.25) is 0 Å². The van der Waals surface area contributed by atoms with Crippen molar-refractivity contribution in [1.29, 1.82) is 0 Å². The van der Waals surface area contributed by atoms with Crippen molar-refractivity contribution < 1.29 is 18.0 Å². The van der Waals surface area contributed by atoms with Gasteiger partial charge in [0.15, 0.2) is 6.29 Å². The van der Waals surface area contributed by atoms with Gasteiger partial charge in [-0.3, -0.25) is 4.79 Å². The van der Waals surface area contributed by atoms with E-state index in [1.54, 1.807) is 0 Å². The van der Waals surface area contributed by atoms with Gasteiger partial charge in [0, 0.05) is 32.4 Å². The summed E-state index contributed by atoms with van der Waals surface area (Å²) in [7, 11) is 6.10. The van der Waals surface area contributed by atoms with E-state index in [1.807, 2.05) is 7.05 Å². The number of hydrogen-bond donors (Lipinski definition) is 2. The van der Waals surface area contributed by atoms with E-state index in [9.17, 15) is 18.0 Å². The first-order valence-corrected chi connectivity index (χ1v) is 11.9. The summed E-state index contributed by atoms with van der Waals surface area (Å²) in [6.45, 7) is 4.99. The molecule has 2 N–H and O–H groups in total. The number of nitrogens with zero attached hydrogens (tertiary/aromatic N) is 2. The lowest BCUT2D eigenvalue weighted by Gasteiger charge is -2.27. The van der Waals surface area contributed by atoms with Gasteiger partial charge in [0.25, 0.3) is 0 Å². The van der Waals surface area contributed by atoms with Crippen LogP contribution in [0.25, 0.3) is 0 Å². The molecule has 180 valence electrons. The SMILES string of the molecule is CNC(C)c1cccc(N(C)C)c1.O=CC1=C(C(F)(F)F)NC(CCN2CCCCC2)S1. The summed E-state index contributed by atoms with van der Waals surface area (Å²) in [4.78, 5) is 14.9. The number of alkyl halides is 3. The van der Waals surface area contributed by atoms with Crippen LogP contribution in [0, 0.1) is 0 Å². The average Bonchev–Trinajstić information content (AvgIpc) is 3.22. The second-order valence-electron chi connectivity index (χ2n) is 8.30. The van der Waals surface area contributed by atoms with Crippen LogP contribution >= 0.6 is 11.8 Å². The molecule has 9 heteroatoms. The zero-order chi connectivity index (χ0) is 23.7. The second kappa shape index (κ2) is 12.5. The normalized spacial score (nSPS) is 20.3. The van der Waals surface area contributed by atoms with E-state index in [2.05, 4.69) is 65.7 Å². The Bertz CT molecular complexity index is 764. The molecule has 0 amide bonds. The highest BCUT2D eigenvalue weighted by Crippen LogP contribution is 2.38. The van der Waals surface area contributed by atoms with E-state index >= 15 is 0 Å². The zero-order valence-electron chi connectivity index (χ0n) is 19.3. The molecule has 0 saturated carbocycles. The Morgan fingerprint density at radius 1 is 1.28 bits per heavy atom. The maximum absolute atomic E-state index is 12.7. The lowest BCUT2D eigenvalue weighted by molar-refractivity contribution is -0.107. The molecule has 1 saturated heterocycles. The summed E-state index contributed by atoms with van der Waals surface area (Å²) in [5.74, 6) is 0. The summed E-state index contributed by atoms with van der Waals surface area (Å²) in [6.07, 6.45) is 0.00182. The number of benzene rings is 1. The Kier molecular flexibility index (Phi) is 10.4. The quantitative estimate of drug-likeness (QED) is 0.569. The highest BCUT2D eigenvalue weighted by molar-refractivity contribution is 8.04. The van der Waals surface area contributed by atoms with Crippen molar-refractivity contribution in [1.82, 2.24) is 15.5 Å². The van der Waals surface area contributed by atoms with Crippen molar-refractivity contribution in [2.45, 2.75) is 50.2 Å². The summed E-state index contributed by atoms with van der Waals surface area (Å²) in [5, 5.41) is 5.31. The van der Waals surface area contributed by atoms with Gasteiger partial charge >= 0.3 is 6.18 Å². The van der Waals surface area contributed by atoms with Crippen LogP contribution in [0.3, 0.4) is 0 Å². The third-order valence-corrected chi connectivity index (χ3v) is 6.88. The zero-order valence-corrected chi connectivity index (χ0v) is 20.2. The van der Waals surface area contributed by atoms with Gasteiger partial charge in [-0.25, -0.2) is 0 Å². The van der Waals surface area contributed by atoms with Crippen molar-refractivity contribution in [3.8, 4) is 0 Å². The molecule has 2 atom stereocenters. The number of rotatable bonds is 7. The summed E-state index contributed by atoms with van der Waals surface area (Å²) in [5.41, 5.74) is 1.70. The largest absolute Gasteiger partial charge is 0.432 e. The smallest absolute Gasteiger partial charge is 0.378 e. The van der Waals surface area contributed by atoms with E-state index in [0.717, 1.165) is 44.2 Å². The van der Waals surface area contributed by atoms with E-state index < -0.39 is 11.9 Å². The first-order valence-electron chi connectivity index (χ1n) is 11.0. The van der Waals surface area contributed by atoms with Crippen molar-refractivity contribution in [2.24, 2.45) is 0 Å². The fourth-order valence-electron chi connectivity index (χ4n) is 3.63. The molecule has 1 fully saturated rings. The van der Waals surface area contributed by atoms with E-state index in [0.29, 0.717) is 18.7 Å². The molecule has 1 aromatic rings. The van der Waals surface area contributed by atoms with Crippen molar-refractivity contribution in [2.75, 3.05) is 45.7 Å². The molecule has 0 spiro atoms. The molecule has 2 aliphatic rings. The topological polar surface area (TPSA) is 47.6 Å². The highest BCUT2D eigenvalue weighted by Gasteiger charge is 2.42. The third kappa shape index (κ3) is 8.01. The van der Waals surface area contributed by atoms with Crippen LogP contribution in [-0.2, 0) is 4.79 Å². The first kappa shape index (κ1) is 26.5. The number of carbonyl (C=O) groups is 1. The molecule has 2 heterocycles. The minimum Gasteiger partial charge on any atom is -0.378 e. The number of nitrogens with one attached hydrogen (secondary N) is 2. The molecule has 3 rings (SSSR count). The molecule has 0 bridgehead atoms. The second-order valence-corrected chi connectivity index (χ2v) is 9.54. The molecule has 0 aromatic heterocycles. The van der Waals surface area contributed by atoms with Crippen LogP contribution in [0.4, 0.5) is 18.9 Å². The van der Waals surface area contributed by atoms with Crippen LogP contribution in [0.1, 0.15) is 44.2 Å². The Morgan fingerprint density at radius 2 is 1.97 bits per heavy atom. The molecular formula is C23H35F3N4OS. The summed E-state index contributed by atoms with van der Waals surface area (Å²) < 4.78 is 38.0. The highest BCUT2D eigenvalue weighted by atomic mass is 32.2. The van der Waals surface area contributed by atoms with Gasteiger partial charge < -0.3 is 20.4 Å². The van der Waals surface area contributed by atoms with Gasteiger partial charge in [0.05, 0.1) is 10.3 Å². The summed E-state index contributed by atoms with van der Waals surface area (Å²) >= 11 is 0.988. The Hall–Kier alpha value is -1.71. The van der Waals surface area contributed by atoms with Gasteiger partial charge in [-0.15, -0.1) is 0 Å². The van der Waals surface area contributed by atoms with Crippen LogP contribution in [0.5, 0.6) is 0 Å². The lowest BCUT2D eigenvalue weighted by Crippen LogP contribution is -2.35. The number of hydrogen-bond acceptors (Lipinski definition) is 6. The maximum atomic E-state index is 12.7. The van der Waals surface area contributed by atoms with Crippen LogP contribution in [-0.4, -0.2) is 63.5 Å². The fourth-order valence-corrected chi connectivity index (χ4v) is 4.69. The molecular weight excluding hydrogens is 437 g/mol. The molecule has 2 aliphatic heterocycles. The fraction of sp³-hybridized carbons (Fsp3) is 0.609. The van der Waals surface area contributed by atoms with Crippen molar-refractivity contribution in [3.05, 3.63) is 40.4 Å². The minimum atomic E-state index is -4.47. The van der Waals surface area contributed by atoms with Gasteiger partial charge in [-0.1, -0.05) is 30.3 Å². The van der Waals surface area contributed by atoms with E-state index in [4.69, 9.17) is 0 Å². The van der Waals surface area contributed by atoms with Gasteiger partial charge in [-0.2, -0.15) is 13.2 Å². The Labute approximate surface area is 193 Å². The number of aldehydes is 1. The molecule has 5 nitrogen and oxygen atoms in total. The predicted octanol–water partition coefficient (Wildman–Crippen LogP) is 4.53. The Morgan fingerprint density at radius 3 is 2.50 bits per heavy atom. The number of piperidine rings is 1. The number of carbonyl (C=O) groups excluding carboxylic acids is 1. The first-order chi connectivity index (χ1) is 15.2. The van der Waals surface area contributed by atoms with E-state index in [1.165, 1.54) is 17.7 Å². The standard InChI is InChI=1S/C12H17F3N2OS.C11H18N2/c13-12(14,15)11-9(8-18)19-10(16-11)4-7-17-5-2-1-3-6-17;1-9(12-2)10-6-5-7-11(8-10)13(3)4/h8,10,16H,1-7H2;5-9,12H,1-4H3. The lowest BCUT2D eigenvalue weighted by atomic mass is 10.1. The van der Waals surface area contributed by atoms with Gasteiger partial charge in [0.2, 0.25) is 0 Å². The van der Waals surface area contributed by atoms with Crippen LogP contribution in [0.15, 0.2) is 34.9 Å². The Balaban J connectivity index is 0.000000244. The number of allylic oxidation sites excluding steroid dienone is 2. The molecule has 0 aliphatic carbocycles. The third-order valence-electron chi connectivity index (χ3n) is 5.69. The maximum Gasteiger partial charge on any atom is 0.432 e. The van der Waals surface area contributed by atoms with Crippen molar-refractivity contribution in [3.63, 3.8) is 0 Å². The van der Waals surface area contributed by atoms with Crippen molar-refractivity contribution >= 4 is 23.7 Å². The van der Waals surface area contributed by atoms with Gasteiger partial charge in [0.1, 0.15) is 5.70 Å². The monoisotopic (exact) mass is 472 g/mol. The number of anilines is 1. The number of halogens is 3. The predicted molar refractivity (Wildman–Crippen MR) is 127 cm³/mol.